The first-order valence-electron chi connectivity index (χ1n) is 5.15. The summed E-state index contributed by atoms with van der Waals surface area (Å²) in [5, 5.41) is 9.51. The average molecular weight is 300 g/mol. The Morgan fingerprint density at radius 2 is 2.22 bits per heavy atom. The monoisotopic (exact) mass is 300 g/mol. The van der Waals surface area contributed by atoms with E-state index in [-0.39, 0.29) is 0 Å². The Morgan fingerprint density at radius 3 is 2.72 bits per heavy atom. The van der Waals surface area contributed by atoms with Crippen molar-refractivity contribution in [3.8, 4) is 0 Å². The number of thiophene rings is 1. The molecule has 96 valence electrons. The van der Waals surface area contributed by atoms with Gasteiger partial charge in [0.15, 0.2) is 5.13 Å². The minimum Gasteiger partial charge on any atom is -0.477 e. The van der Waals surface area contributed by atoms with Crippen molar-refractivity contribution < 1.29 is 9.90 Å². The van der Waals surface area contributed by atoms with Crippen LogP contribution in [0.25, 0.3) is 0 Å². The van der Waals surface area contributed by atoms with Crippen molar-refractivity contribution in [2.75, 3.05) is 5.73 Å². The average Bonchev–Trinajstić information content (AvgIpc) is 2.79. The van der Waals surface area contributed by atoms with E-state index < -0.39 is 5.97 Å². The van der Waals surface area contributed by atoms with Gasteiger partial charge in [0.25, 0.3) is 0 Å². The Bertz CT molecular complexity index is 589. The molecule has 2 rings (SSSR count). The van der Waals surface area contributed by atoms with Gasteiger partial charge in [-0.2, -0.15) is 0 Å². The SMILES string of the molecule is Cc1nc(N)sc1SCc1cc(C(=O)O)sc1C. The van der Waals surface area contributed by atoms with Crippen LogP contribution < -0.4 is 5.73 Å². The number of carboxylic acids is 1. The van der Waals surface area contributed by atoms with Gasteiger partial charge in [0.05, 0.1) is 9.90 Å². The van der Waals surface area contributed by atoms with Gasteiger partial charge in [-0.05, 0) is 25.5 Å². The van der Waals surface area contributed by atoms with Crippen LogP contribution in [-0.2, 0) is 5.75 Å². The molecule has 3 N–H and O–H groups in total. The van der Waals surface area contributed by atoms with Gasteiger partial charge in [-0.25, -0.2) is 9.78 Å². The number of hydrogen-bond donors (Lipinski definition) is 2. The van der Waals surface area contributed by atoms with Crippen LogP contribution in [0.2, 0.25) is 0 Å². The van der Waals surface area contributed by atoms with Crippen molar-refractivity contribution >= 4 is 45.5 Å². The lowest BCUT2D eigenvalue weighted by Gasteiger charge is -1.98. The summed E-state index contributed by atoms with van der Waals surface area (Å²) in [6, 6.07) is 1.75. The van der Waals surface area contributed by atoms with Crippen LogP contribution in [0.15, 0.2) is 10.3 Å². The van der Waals surface area contributed by atoms with Crippen LogP contribution in [0.5, 0.6) is 0 Å². The van der Waals surface area contributed by atoms with Crippen molar-refractivity contribution in [3.05, 3.63) is 27.1 Å². The maximum Gasteiger partial charge on any atom is 0.345 e. The van der Waals surface area contributed by atoms with Crippen molar-refractivity contribution in [1.82, 2.24) is 4.98 Å². The fourth-order valence-electron chi connectivity index (χ4n) is 1.45. The van der Waals surface area contributed by atoms with Gasteiger partial charge < -0.3 is 10.8 Å². The highest BCUT2D eigenvalue weighted by molar-refractivity contribution is 8.00. The number of aryl methyl sites for hydroxylation is 2. The maximum absolute atomic E-state index is 10.9. The molecule has 0 unspecified atom stereocenters. The number of anilines is 1. The quantitative estimate of drug-likeness (QED) is 0.846. The predicted octanol–water partition coefficient (Wildman–Crippen LogP) is 3.39. The minimum absolute atomic E-state index is 0.392. The first-order chi connectivity index (χ1) is 8.47. The van der Waals surface area contributed by atoms with Crippen molar-refractivity contribution in [2.24, 2.45) is 0 Å². The second-order valence-corrected chi connectivity index (χ2v) is 7.24. The van der Waals surface area contributed by atoms with E-state index in [9.17, 15) is 4.79 Å². The number of nitrogen functional groups attached to an aromatic ring is 1. The molecule has 0 amide bonds. The van der Waals surface area contributed by atoms with Crippen LogP contribution in [0, 0.1) is 13.8 Å². The molecule has 0 radical (unpaired) electrons. The largest absolute Gasteiger partial charge is 0.477 e. The molecule has 0 saturated heterocycles. The molecular weight excluding hydrogens is 288 g/mol. The molecule has 0 aromatic carbocycles. The summed E-state index contributed by atoms with van der Waals surface area (Å²) in [5.74, 6) is -0.115. The van der Waals surface area contributed by atoms with E-state index in [0.717, 1.165) is 26.1 Å². The molecule has 0 aliphatic carbocycles. The fourth-order valence-corrected chi connectivity index (χ4v) is 4.50. The Hall–Kier alpha value is -1.05. The van der Waals surface area contributed by atoms with Crippen LogP contribution in [0.1, 0.15) is 25.8 Å². The highest BCUT2D eigenvalue weighted by atomic mass is 32.2. The molecule has 0 atom stereocenters. The van der Waals surface area contributed by atoms with E-state index in [1.807, 2.05) is 13.8 Å². The smallest absolute Gasteiger partial charge is 0.345 e. The summed E-state index contributed by atoms with van der Waals surface area (Å²) in [5.41, 5.74) is 7.64. The molecule has 0 saturated carbocycles. The Labute approximate surface area is 117 Å². The zero-order valence-corrected chi connectivity index (χ0v) is 12.3. The van der Waals surface area contributed by atoms with E-state index in [0.29, 0.717) is 10.0 Å². The summed E-state index contributed by atoms with van der Waals surface area (Å²) >= 11 is 4.44. The molecule has 0 aliphatic heterocycles. The number of aromatic nitrogens is 1. The third-order valence-electron chi connectivity index (χ3n) is 2.36. The third-order valence-corrected chi connectivity index (χ3v) is 5.84. The number of nitrogens with two attached hydrogens (primary N) is 1. The molecule has 4 nitrogen and oxygen atoms in total. The second-order valence-electron chi connectivity index (χ2n) is 3.71. The molecule has 0 bridgehead atoms. The van der Waals surface area contributed by atoms with Crippen molar-refractivity contribution in [3.63, 3.8) is 0 Å². The van der Waals surface area contributed by atoms with E-state index in [4.69, 9.17) is 10.8 Å². The zero-order valence-electron chi connectivity index (χ0n) is 9.89. The minimum atomic E-state index is -0.863. The van der Waals surface area contributed by atoms with Crippen LogP contribution >= 0.6 is 34.4 Å². The van der Waals surface area contributed by atoms with Gasteiger partial charge in [-0.3, -0.25) is 0 Å². The van der Waals surface area contributed by atoms with E-state index in [1.165, 1.54) is 22.7 Å². The summed E-state index contributed by atoms with van der Waals surface area (Å²) in [6.45, 7) is 3.87. The molecule has 2 heterocycles. The highest BCUT2D eigenvalue weighted by Crippen LogP contribution is 2.34. The van der Waals surface area contributed by atoms with Gasteiger partial charge in [-0.15, -0.1) is 23.1 Å². The first kappa shape index (κ1) is 13.4. The Morgan fingerprint density at radius 1 is 1.50 bits per heavy atom. The number of thioether (sulfide) groups is 1. The van der Waals surface area contributed by atoms with E-state index >= 15 is 0 Å². The number of aromatic carboxylic acids is 1. The standard InChI is InChI=1S/C11H12N2O2S3/c1-5-10(18-11(12)13-5)16-4-7-3-8(9(14)15)17-6(7)2/h3H,4H2,1-2H3,(H2,12,13)(H,14,15). The second kappa shape index (κ2) is 5.29. The Kier molecular flexibility index (Phi) is 3.94. The van der Waals surface area contributed by atoms with Crippen LogP contribution in [0.3, 0.4) is 0 Å². The van der Waals surface area contributed by atoms with E-state index in [2.05, 4.69) is 4.98 Å². The molecule has 2 aromatic heterocycles. The van der Waals surface area contributed by atoms with Gasteiger partial charge in [0.2, 0.25) is 0 Å². The van der Waals surface area contributed by atoms with Gasteiger partial charge in [0.1, 0.15) is 4.88 Å². The number of thiazole rings is 1. The molecule has 18 heavy (non-hydrogen) atoms. The Balaban J connectivity index is 2.10. The first-order valence-corrected chi connectivity index (χ1v) is 7.77. The van der Waals surface area contributed by atoms with Crippen molar-refractivity contribution in [1.29, 1.82) is 0 Å². The molecule has 0 fully saturated rings. The highest BCUT2D eigenvalue weighted by Gasteiger charge is 2.12. The third kappa shape index (κ3) is 2.85. The lowest BCUT2D eigenvalue weighted by molar-refractivity contribution is 0.0702. The lowest BCUT2D eigenvalue weighted by Crippen LogP contribution is -1.90. The van der Waals surface area contributed by atoms with Gasteiger partial charge in [0, 0.05) is 10.6 Å². The fraction of sp³-hybridized carbons (Fsp3) is 0.273. The summed E-state index contributed by atoms with van der Waals surface area (Å²) in [6.07, 6.45) is 0. The van der Waals surface area contributed by atoms with Gasteiger partial charge >= 0.3 is 5.97 Å². The molecule has 0 spiro atoms. The number of carbonyl (C=O) groups is 1. The predicted molar refractivity (Wildman–Crippen MR) is 76.8 cm³/mol. The normalized spacial score (nSPS) is 10.8. The summed E-state index contributed by atoms with van der Waals surface area (Å²) in [4.78, 5) is 16.5. The zero-order chi connectivity index (χ0) is 13.3. The number of rotatable bonds is 4. The molecule has 7 heteroatoms. The lowest BCUT2D eigenvalue weighted by atomic mass is 10.3. The molecular formula is C11H12N2O2S3. The molecule has 0 aliphatic rings. The number of hydrogen-bond acceptors (Lipinski definition) is 6. The van der Waals surface area contributed by atoms with Crippen molar-refractivity contribution in [2.45, 2.75) is 23.8 Å². The topological polar surface area (TPSA) is 76.2 Å². The number of nitrogens with zero attached hydrogens (tertiary/aromatic N) is 1. The maximum atomic E-state index is 10.9. The summed E-state index contributed by atoms with van der Waals surface area (Å²) < 4.78 is 1.09. The summed E-state index contributed by atoms with van der Waals surface area (Å²) in [7, 11) is 0. The van der Waals surface area contributed by atoms with E-state index in [1.54, 1.807) is 17.8 Å². The van der Waals surface area contributed by atoms with Crippen LogP contribution in [-0.4, -0.2) is 16.1 Å². The van der Waals surface area contributed by atoms with Gasteiger partial charge in [-0.1, -0.05) is 11.3 Å². The van der Waals surface area contributed by atoms with Crippen LogP contribution in [0.4, 0.5) is 5.13 Å². The molecule has 2 aromatic rings. The number of carboxylic acid groups (broad SMARTS) is 1.